The van der Waals surface area contributed by atoms with Crippen molar-refractivity contribution in [3.63, 3.8) is 0 Å². The first kappa shape index (κ1) is 12.9. The van der Waals surface area contributed by atoms with E-state index in [2.05, 4.69) is 11.4 Å². The van der Waals surface area contributed by atoms with Gasteiger partial charge < -0.3 is 15.8 Å². The third kappa shape index (κ3) is 2.48. The molecule has 2 rings (SSSR count). The largest absolute Gasteiger partial charge is 0.486 e. The van der Waals surface area contributed by atoms with E-state index in [1.165, 1.54) is 0 Å². The lowest BCUT2D eigenvalue weighted by atomic mass is 9.93. The number of hydrogen-bond donors (Lipinski definition) is 2. The molecule has 0 fully saturated rings. The Morgan fingerprint density at radius 2 is 2.17 bits per heavy atom. The summed E-state index contributed by atoms with van der Waals surface area (Å²) in [6.07, 6.45) is 0.328. The number of carbonyl (C=O) groups is 1. The first-order valence-corrected chi connectivity index (χ1v) is 6.22. The van der Waals surface area contributed by atoms with Crippen molar-refractivity contribution in [2.24, 2.45) is 5.73 Å². The number of fused-ring (bicyclic) bond motifs is 1. The van der Waals surface area contributed by atoms with E-state index in [1.54, 1.807) is 0 Å². The highest BCUT2D eigenvalue weighted by Crippen LogP contribution is 2.42. The molecule has 4 nitrogen and oxygen atoms in total. The van der Waals surface area contributed by atoms with Crippen LogP contribution in [0.1, 0.15) is 38.8 Å². The third-order valence-corrected chi connectivity index (χ3v) is 3.26. The summed E-state index contributed by atoms with van der Waals surface area (Å²) in [6, 6.07) is 8.09. The molecule has 0 aliphatic carbocycles. The van der Waals surface area contributed by atoms with Crippen molar-refractivity contribution < 1.29 is 9.53 Å². The average Bonchev–Trinajstić information content (AvgIpc) is 2.49. The first-order valence-electron chi connectivity index (χ1n) is 6.22. The van der Waals surface area contributed by atoms with Crippen LogP contribution in [-0.2, 0) is 4.79 Å². The molecule has 4 heteroatoms. The summed E-state index contributed by atoms with van der Waals surface area (Å²) in [6.45, 7) is 6.05. The minimum absolute atomic E-state index is 0.0292. The van der Waals surface area contributed by atoms with Crippen LogP contribution in [0.5, 0.6) is 5.75 Å². The van der Waals surface area contributed by atoms with E-state index in [0.29, 0.717) is 6.42 Å². The topological polar surface area (TPSA) is 64.4 Å². The highest BCUT2D eigenvalue weighted by atomic mass is 16.5. The monoisotopic (exact) mass is 248 g/mol. The Morgan fingerprint density at radius 1 is 1.50 bits per heavy atom. The van der Waals surface area contributed by atoms with Gasteiger partial charge in [0, 0.05) is 18.0 Å². The van der Waals surface area contributed by atoms with Gasteiger partial charge in [-0.2, -0.15) is 0 Å². The number of amides is 1. The summed E-state index contributed by atoms with van der Waals surface area (Å²) in [5.41, 5.74) is 6.03. The minimum atomic E-state index is -0.324. The number of ether oxygens (including phenoxy) is 1. The van der Waals surface area contributed by atoms with E-state index >= 15 is 0 Å². The number of rotatable bonds is 4. The van der Waals surface area contributed by atoms with Crippen LogP contribution in [0, 0.1) is 0 Å². The van der Waals surface area contributed by atoms with Crippen LogP contribution in [0.15, 0.2) is 24.3 Å². The second-order valence-electron chi connectivity index (χ2n) is 5.41. The molecule has 2 unspecified atom stereocenters. The van der Waals surface area contributed by atoms with Crippen LogP contribution in [0.3, 0.4) is 0 Å². The van der Waals surface area contributed by atoms with Gasteiger partial charge in [0.25, 0.3) is 0 Å². The van der Waals surface area contributed by atoms with Crippen molar-refractivity contribution in [3.8, 4) is 5.75 Å². The highest BCUT2D eigenvalue weighted by Gasteiger charge is 2.41. The van der Waals surface area contributed by atoms with Gasteiger partial charge in [-0.1, -0.05) is 18.2 Å². The second-order valence-corrected chi connectivity index (χ2v) is 5.41. The van der Waals surface area contributed by atoms with Crippen molar-refractivity contribution in [2.45, 2.75) is 44.9 Å². The molecule has 98 valence electrons. The molecule has 1 aromatic carbocycles. The molecule has 0 spiro atoms. The lowest BCUT2D eigenvalue weighted by Crippen LogP contribution is -2.43. The van der Waals surface area contributed by atoms with Crippen LogP contribution >= 0.6 is 0 Å². The van der Waals surface area contributed by atoms with E-state index in [9.17, 15) is 4.79 Å². The maximum atomic E-state index is 10.9. The van der Waals surface area contributed by atoms with Crippen LogP contribution in [-0.4, -0.2) is 17.6 Å². The van der Waals surface area contributed by atoms with Crippen LogP contribution in [0.25, 0.3) is 0 Å². The molecule has 2 atom stereocenters. The molecule has 18 heavy (non-hydrogen) atoms. The number of primary amides is 1. The summed E-state index contributed by atoms with van der Waals surface area (Å²) in [5.74, 6) is 0.617. The molecule has 3 N–H and O–H groups in total. The molecular formula is C14H20N2O2. The molecule has 1 aromatic rings. The van der Waals surface area contributed by atoms with Gasteiger partial charge in [0.05, 0.1) is 6.04 Å². The van der Waals surface area contributed by atoms with Crippen molar-refractivity contribution in [1.82, 2.24) is 5.32 Å². The Labute approximate surface area is 108 Å². The summed E-state index contributed by atoms with van der Waals surface area (Å²) in [7, 11) is 0. The molecular weight excluding hydrogens is 228 g/mol. The zero-order valence-electron chi connectivity index (χ0n) is 11.1. The number of para-hydroxylation sites is 1. The molecule has 0 saturated heterocycles. The SMILES string of the molecule is CC(CC(N)=O)NC1c2ccccc2OC1(C)C. The van der Waals surface area contributed by atoms with Gasteiger partial charge >= 0.3 is 0 Å². The molecule has 1 aliphatic rings. The Kier molecular flexibility index (Phi) is 3.30. The zero-order valence-corrected chi connectivity index (χ0v) is 11.1. The van der Waals surface area contributed by atoms with Gasteiger partial charge in [-0.25, -0.2) is 0 Å². The Bertz CT molecular complexity index is 457. The van der Waals surface area contributed by atoms with E-state index in [0.717, 1.165) is 11.3 Å². The standard InChI is InChI=1S/C14H20N2O2/c1-9(8-12(15)17)16-13-10-6-4-5-7-11(10)18-14(13,2)3/h4-7,9,13,16H,8H2,1-3H3,(H2,15,17). The van der Waals surface area contributed by atoms with Gasteiger partial charge in [-0.05, 0) is 26.8 Å². The maximum Gasteiger partial charge on any atom is 0.218 e. The van der Waals surface area contributed by atoms with Gasteiger partial charge in [-0.3, -0.25) is 4.79 Å². The van der Waals surface area contributed by atoms with Crippen molar-refractivity contribution in [3.05, 3.63) is 29.8 Å². The number of carbonyl (C=O) groups excluding carboxylic acids is 1. The first-order chi connectivity index (χ1) is 8.40. The number of nitrogens with two attached hydrogens (primary N) is 1. The van der Waals surface area contributed by atoms with Crippen LogP contribution in [0.4, 0.5) is 0 Å². The lowest BCUT2D eigenvalue weighted by molar-refractivity contribution is -0.118. The van der Waals surface area contributed by atoms with Crippen LogP contribution in [0.2, 0.25) is 0 Å². The normalized spacial score (nSPS) is 22.1. The predicted octanol–water partition coefficient (Wildman–Crippen LogP) is 1.75. The summed E-state index contributed by atoms with van der Waals surface area (Å²) in [4.78, 5) is 10.9. The third-order valence-electron chi connectivity index (χ3n) is 3.26. The summed E-state index contributed by atoms with van der Waals surface area (Å²) >= 11 is 0. The summed E-state index contributed by atoms with van der Waals surface area (Å²) in [5, 5.41) is 3.43. The van der Waals surface area contributed by atoms with E-state index in [4.69, 9.17) is 10.5 Å². The number of nitrogens with one attached hydrogen (secondary N) is 1. The number of hydrogen-bond acceptors (Lipinski definition) is 3. The molecule has 1 aliphatic heterocycles. The van der Waals surface area contributed by atoms with E-state index in [1.807, 2.05) is 39.0 Å². The molecule has 0 bridgehead atoms. The fourth-order valence-corrected chi connectivity index (χ4v) is 2.46. The molecule has 0 aromatic heterocycles. The second kappa shape index (κ2) is 4.61. The van der Waals surface area contributed by atoms with Gasteiger partial charge in [0.1, 0.15) is 11.4 Å². The van der Waals surface area contributed by atoms with Crippen molar-refractivity contribution in [1.29, 1.82) is 0 Å². The van der Waals surface area contributed by atoms with E-state index in [-0.39, 0.29) is 23.6 Å². The molecule has 0 radical (unpaired) electrons. The molecule has 1 heterocycles. The minimum Gasteiger partial charge on any atom is -0.486 e. The van der Waals surface area contributed by atoms with Crippen LogP contribution < -0.4 is 15.8 Å². The Morgan fingerprint density at radius 3 is 2.83 bits per heavy atom. The van der Waals surface area contributed by atoms with Crippen molar-refractivity contribution >= 4 is 5.91 Å². The molecule has 1 amide bonds. The smallest absolute Gasteiger partial charge is 0.218 e. The fourth-order valence-electron chi connectivity index (χ4n) is 2.46. The quantitative estimate of drug-likeness (QED) is 0.853. The average molecular weight is 248 g/mol. The van der Waals surface area contributed by atoms with Gasteiger partial charge in [0.2, 0.25) is 5.91 Å². The summed E-state index contributed by atoms with van der Waals surface area (Å²) < 4.78 is 5.93. The fraction of sp³-hybridized carbons (Fsp3) is 0.500. The highest BCUT2D eigenvalue weighted by molar-refractivity contribution is 5.74. The van der Waals surface area contributed by atoms with Gasteiger partial charge in [0.15, 0.2) is 0 Å². The Balaban J connectivity index is 2.18. The zero-order chi connectivity index (χ0) is 13.3. The maximum absolute atomic E-state index is 10.9. The number of benzene rings is 1. The van der Waals surface area contributed by atoms with Crippen molar-refractivity contribution in [2.75, 3.05) is 0 Å². The predicted molar refractivity (Wildman–Crippen MR) is 70.3 cm³/mol. The van der Waals surface area contributed by atoms with Gasteiger partial charge in [-0.15, -0.1) is 0 Å². The van der Waals surface area contributed by atoms with E-state index < -0.39 is 0 Å². The lowest BCUT2D eigenvalue weighted by Gasteiger charge is -2.29. The Hall–Kier alpha value is -1.55. The molecule has 0 saturated carbocycles.